The van der Waals surface area contributed by atoms with Gasteiger partial charge in [0.05, 0.1) is 18.5 Å². The van der Waals surface area contributed by atoms with E-state index >= 15 is 0 Å². The van der Waals surface area contributed by atoms with Gasteiger partial charge in [-0.15, -0.1) is 0 Å². The molecule has 1 amide bonds. The Labute approximate surface area is 177 Å². The normalized spacial score (nSPS) is 11.6. The summed E-state index contributed by atoms with van der Waals surface area (Å²) in [7, 11) is 1.54. The van der Waals surface area contributed by atoms with Crippen molar-refractivity contribution in [2.24, 2.45) is 0 Å². The number of halogens is 2. The molecule has 1 heterocycles. The number of carbonyl (C=O) groups excluding carboxylic acids is 2. The molecule has 2 aromatic carbocycles. The first kappa shape index (κ1) is 21.3. The van der Waals surface area contributed by atoms with Crippen LogP contribution in [-0.4, -0.2) is 34.9 Å². The maximum absolute atomic E-state index is 13.1. The smallest absolute Gasteiger partial charge is 0.344 e. The van der Waals surface area contributed by atoms with Gasteiger partial charge in [-0.1, -0.05) is 11.6 Å². The van der Waals surface area contributed by atoms with Gasteiger partial charge in [0.15, 0.2) is 6.10 Å². The second kappa shape index (κ2) is 8.96. The Morgan fingerprint density at radius 1 is 1.13 bits per heavy atom. The molecule has 3 rings (SSSR count). The van der Waals surface area contributed by atoms with E-state index in [1.54, 1.807) is 38.3 Å². The van der Waals surface area contributed by atoms with E-state index < -0.39 is 23.8 Å². The quantitative estimate of drug-likeness (QED) is 0.592. The first-order valence-corrected chi connectivity index (χ1v) is 9.35. The summed E-state index contributed by atoms with van der Waals surface area (Å²) in [5.41, 5.74) is 1.36. The molecule has 0 saturated heterocycles. The molecule has 9 heteroatoms. The van der Waals surface area contributed by atoms with Gasteiger partial charge in [0.2, 0.25) is 0 Å². The summed E-state index contributed by atoms with van der Waals surface area (Å²) in [4.78, 5) is 25.0. The topological polar surface area (TPSA) is 82.4 Å². The van der Waals surface area contributed by atoms with E-state index in [0.29, 0.717) is 22.8 Å². The summed E-state index contributed by atoms with van der Waals surface area (Å²) in [6.45, 7) is 3.04. The van der Waals surface area contributed by atoms with Crippen LogP contribution in [0.1, 0.15) is 23.0 Å². The summed E-state index contributed by atoms with van der Waals surface area (Å²) in [5, 5.41) is 6.88. The molecule has 1 N–H and O–H groups in total. The molecule has 30 heavy (non-hydrogen) atoms. The van der Waals surface area contributed by atoms with Gasteiger partial charge in [0.1, 0.15) is 22.3 Å². The third kappa shape index (κ3) is 4.60. The zero-order valence-electron chi connectivity index (χ0n) is 16.5. The fraction of sp³-hybridized carbons (Fsp3) is 0.190. The fourth-order valence-electron chi connectivity index (χ4n) is 2.68. The zero-order chi connectivity index (χ0) is 21.8. The molecule has 0 aliphatic carbocycles. The highest BCUT2D eigenvalue weighted by Gasteiger charge is 2.26. The van der Waals surface area contributed by atoms with E-state index in [-0.39, 0.29) is 10.7 Å². The highest BCUT2D eigenvalue weighted by atomic mass is 35.5. The summed E-state index contributed by atoms with van der Waals surface area (Å²) in [6.07, 6.45) is -1.08. The Hall–Kier alpha value is -3.39. The van der Waals surface area contributed by atoms with Gasteiger partial charge < -0.3 is 14.8 Å². The number of methoxy groups -OCH3 is 1. The second-order valence-electron chi connectivity index (χ2n) is 6.40. The van der Waals surface area contributed by atoms with E-state index in [4.69, 9.17) is 21.1 Å². The van der Waals surface area contributed by atoms with Crippen LogP contribution in [0.4, 0.5) is 10.1 Å². The van der Waals surface area contributed by atoms with Crippen LogP contribution in [0.25, 0.3) is 5.69 Å². The Morgan fingerprint density at radius 2 is 1.77 bits per heavy atom. The SMILES string of the molecule is COc1ccc(NC(=O)C(C)OC(=O)c2c(C)nn(-c3ccc(F)cc3)c2Cl)cc1. The summed E-state index contributed by atoms with van der Waals surface area (Å²) >= 11 is 6.31. The predicted molar refractivity (Wildman–Crippen MR) is 110 cm³/mol. The lowest BCUT2D eigenvalue weighted by Crippen LogP contribution is -2.30. The Balaban J connectivity index is 1.71. The largest absolute Gasteiger partial charge is 0.497 e. The molecule has 156 valence electrons. The molecule has 0 aliphatic rings. The van der Waals surface area contributed by atoms with Crippen molar-refractivity contribution in [3.8, 4) is 11.4 Å². The van der Waals surface area contributed by atoms with Gasteiger partial charge in [-0.25, -0.2) is 13.9 Å². The van der Waals surface area contributed by atoms with Crippen molar-refractivity contribution >= 4 is 29.2 Å². The van der Waals surface area contributed by atoms with Gasteiger partial charge >= 0.3 is 5.97 Å². The number of aromatic nitrogens is 2. The van der Waals surface area contributed by atoms with Crippen LogP contribution < -0.4 is 10.1 Å². The van der Waals surface area contributed by atoms with Crippen molar-refractivity contribution in [1.29, 1.82) is 0 Å². The highest BCUT2D eigenvalue weighted by molar-refractivity contribution is 6.33. The molecule has 0 saturated carbocycles. The standard InChI is InChI=1S/C21H19ClFN3O4/c1-12-18(19(22)26(25-12)16-8-4-14(23)5-9-16)21(28)30-13(2)20(27)24-15-6-10-17(29-3)11-7-15/h4-11,13H,1-3H3,(H,24,27). The van der Waals surface area contributed by atoms with Gasteiger partial charge in [0.25, 0.3) is 5.91 Å². The predicted octanol–water partition coefficient (Wildman–Crippen LogP) is 4.17. The lowest BCUT2D eigenvalue weighted by atomic mass is 10.2. The summed E-state index contributed by atoms with van der Waals surface area (Å²) in [5.74, 6) is -1.05. The first-order chi connectivity index (χ1) is 14.3. The molecule has 0 radical (unpaired) electrons. The first-order valence-electron chi connectivity index (χ1n) is 8.97. The van der Waals surface area contributed by atoms with Crippen LogP contribution in [0, 0.1) is 12.7 Å². The number of carbonyl (C=O) groups is 2. The summed E-state index contributed by atoms with van der Waals surface area (Å²) in [6, 6.07) is 12.2. The number of amides is 1. The average Bonchev–Trinajstić information content (AvgIpc) is 3.03. The van der Waals surface area contributed by atoms with Crippen LogP contribution in [-0.2, 0) is 9.53 Å². The van der Waals surface area contributed by atoms with Gasteiger partial charge in [-0.05, 0) is 62.4 Å². The lowest BCUT2D eigenvalue weighted by Gasteiger charge is -2.14. The molecule has 1 aromatic heterocycles. The molecular weight excluding hydrogens is 413 g/mol. The minimum absolute atomic E-state index is 0.00636. The number of esters is 1. The molecular formula is C21H19ClFN3O4. The van der Waals surface area contributed by atoms with E-state index in [2.05, 4.69) is 10.4 Å². The molecule has 0 fully saturated rings. The van der Waals surface area contributed by atoms with Crippen molar-refractivity contribution in [1.82, 2.24) is 9.78 Å². The third-order valence-corrected chi connectivity index (χ3v) is 4.64. The highest BCUT2D eigenvalue weighted by Crippen LogP contribution is 2.25. The van der Waals surface area contributed by atoms with Crippen LogP contribution in [0.2, 0.25) is 5.15 Å². The zero-order valence-corrected chi connectivity index (χ0v) is 17.2. The number of anilines is 1. The maximum atomic E-state index is 13.1. The van der Waals surface area contributed by atoms with Crippen molar-refractivity contribution < 1.29 is 23.5 Å². The number of nitrogens with one attached hydrogen (secondary N) is 1. The number of nitrogens with zero attached hydrogens (tertiary/aromatic N) is 2. The maximum Gasteiger partial charge on any atom is 0.344 e. The van der Waals surface area contributed by atoms with Crippen molar-refractivity contribution in [2.75, 3.05) is 12.4 Å². The number of rotatable bonds is 6. The average molecular weight is 432 g/mol. The molecule has 0 spiro atoms. The number of aryl methyl sites for hydroxylation is 1. The van der Waals surface area contributed by atoms with Gasteiger partial charge in [-0.2, -0.15) is 5.10 Å². The number of hydrogen-bond donors (Lipinski definition) is 1. The molecule has 0 bridgehead atoms. The summed E-state index contributed by atoms with van der Waals surface area (Å²) < 4.78 is 24.8. The fourth-order valence-corrected chi connectivity index (χ4v) is 3.02. The van der Waals surface area contributed by atoms with Crippen LogP contribution >= 0.6 is 11.6 Å². The number of hydrogen-bond acceptors (Lipinski definition) is 5. The molecule has 1 unspecified atom stereocenters. The monoisotopic (exact) mass is 431 g/mol. The van der Waals surface area contributed by atoms with E-state index in [9.17, 15) is 14.0 Å². The molecule has 1 atom stereocenters. The van der Waals surface area contributed by atoms with Gasteiger partial charge in [-0.3, -0.25) is 4.79 Å². The Morgan fingerprint density at radius 3 is 2.37 bits per heavy atom. The van der Waals surface area contributed by atoms with Gasteiger partial charge in [0, 0.05) is 5.69 Å². The van der Waals surface area contributed by atoms with Crippen LogP contribution in [0.5, 0.6) is 5.75 Å². The number of benzene rings is 2. The van der Waals surface area contributed by atoms with E-state index in [1.165, 1.54) is 35.9 Å². The number of ether oxygens (including phenoxy) is 2. The van der Waals surface area contributed by atoms with Crippen molar-refractivity contribution in [3.05, 3.63) is 70.8 Å². The van der Waals surface area contributed by atoms with Crippen molar-refractivity contribution in [3.63, 3.8) is 0 Å². The van der Waals surface area contributed by atoms with Crippen molar-refractivity contribution in [2.45, 2.75) is 20.0 Å². The molecule has 7 nitrogen and oxygen atoms in total. The Bertz CT molecular complexity index is 1070. The van der Waals surface area contributed by atoms with Crippen LogP contribution in [0.3, 0.4) is 0 Å². The minimum atomic E-state index is -1.08. The van der Waals surface area contributed by atoms with E-state index in [1.807, 2.05) is 0 Å². The molecule has 0 aliphatic heterocycles. The van der Waals surface area contributed by atoms with Crippen LogP contribution in [0.15, 0.2) is 48.5 Å². The second-order valence-corrected chi connectivity index (χ2v) is 6.76. The minimum Gasteiger partial charge on any atom is -0.497 e. The lowest BCUT2D eigenvalue weighted by molar-refractivity contribution is -0.123. The third-order valence-electron chi connectivity index (χ3n) is 4.29. The Kier molecular flexibility index (Phi) is 6.37. The molecule has 3 aromatic rings. The van der Waals surface area contributed by atoms with E-state index in [0.717, 1.165) is 0 Å².